The van der Waals surface area contributed by atoms with Gasteiger partial charge in [0.1, 0.15) is 0 Å². The van der Waals surface area contributed by atoms with Gasteiger partial charge in [0, 0.05) is 38.8 Å². The number of aliphatic imine (C=N–C) groups is 1. The fraction of sp³-hybridized carbons (Fsp3) is 0.938. The maximum absolute atomic E-state index is 5.79. The van der Waals surface area contributed by atoms with E-state index in [4.69, 9.17) is 14.5 Å². The molecule has 1 N–H and O–H groups in total. The van der Waals surface area contributed by atoms with Crippen LogP contribution in [0.4, 0.5) is 0 Å². The number of hydrogen-bond acceptors (Lipinski definition) is 4. The second-order valence-electron chi connectivity index (χ2n) is 6.74. The summed E-state index contributed by atoms with van der Waals surface area (Å²) in [4.78, 5) is 9.67. The second-order valence-corrected chi connectivity index (χ2v) is 6.74. The molecule has 0 aromatic carbocycles. The van der Waals surface area contributed by atoms with Gasteiger partial charge < -0.3 is 19.7 Å². The topological polar surface area (TPSA) is 49.3 Å². The maximum atomic E-state index is 5.79. The van der Waals surface area contributed by atoms with Crippen LogP contribution in [0.1, 0.15) is 26.7 Å². The molecule has 2 atom stereocenters. The monoisotopic (exact) mass is 438 g/mol. The molecule has 2 unspecified atom stereocenters. The molecule has 3 aliphatic rings. The third-order valence-electron chi connectivity index (χ3n) is 4.39. The lowest BCUT2D eigenvalue weighted by molar-refractivity contribution is -0.0669. The Morgan fingerprint density at radius 1 is 1.13 bits per heavy atom. The van der Waals surface area contributed by atoms with Gasteiger partial charge in [-0.05, 0) is 26.7 Å². The van der Waals surface area contributed by atoms with Gasteiger partial charge >= 0.3 is 0 Å². The van der Waals surface area contributed by atoms with Crippen molar-refractivity contribution in [3.8, 4) is 0 Å². The van der Waals surface area contributed by atoms with E-state index in [9.17, 15) is 0 Å². The predicted octanol–water partition coefficient (Wildman–Crippen LogP) is 1.15. The van der Waals surface area contributed by atoms with Crippen molar-refractivity contribution < 1.29 is 9.47 Å². The molecule has 0 amide bonds. The summed E-state index contributed by atoms with van der Waals surface area (Å²) in [5.41, 5.74) is 0. The summed E-state index contributed by atoms with van der Waals surface area (Å²) < 4.78 is 11.2. The van der Waals surface area contributed by atoms with Crippen LogP contribution in [0.2, 0.25) is 0 Å². The number of morpholine rings is 2. The standard InChI is InChI=1S/C16H30N4O2.HI/c1-13-11-19(12-14(2)22-13)6-5-17-16(18-15-3-4-15)20-7-9-21-10-8-20;/h13-15H,3-12H2,1-2H3,(H,17,18);1H. The minimum Gasteiger partial charge on any atom is -0.378 e. The van der Waals surface area contributed by atoms with E-state index in [1.54, 1.807) is 0 Å². The highest BCUT2D eigenvalue weighted by Crippen LogP contribution is 2.19. The van der Waals surface area contributed by atoms with Gasteiger partial charge in [0.2, 0.25) is 0 Å². The Morgan fingerprint density at radius 2 is 1.78 bits per heavy atom. The van der Waals surface area contributed by atoms with Crippen LogP contribution in [-0.4, -0.2) is 86.5 Å². The van der Waals surface area contributed by atoms with Gasteiger partial charge in [-0.3, -0.25) is 9.89 Å². The smallest absolute Gasteiger partial charge is 0.194 e. The van der Waals surface area contributed by atoms with Crippen LogP contribution in [-0.2, 0) is 9.47 Å². The average Bonchev–Trinajstić information content (AvgIpc) is 3.30. The number of guanidine groups is 1. The van der Waals surface area contributed by atoms with Gasteiger partial charge in [-0.25, -0.2) is 0 Å². The summed E-state index contributed by atoms with van der Waals surface area (Å²) in [5.74, 6) is 1.08. The molecule has 3 rings (SSSR count). The molecular formula is C16H31IN4O2. The van der Waals surface area contributed by atoms with Gasteiger partial charge in [0.15, 0.2) is 5.96 Å². The first kappa shape index (κ1) is 19.2. The number of halogens is 1. The Morgan fingerprint density at radius 3 is 2.39 bits per heavy atom. The van der Waals surface area contributed by atoms with Crippen LogP contribution in [0.3, 0.4) is 0 Å². The predicted molar refractivity (Wildman–Crippen MR) is 103 cm³/mol. The first-order chi connectivity index (χ1) is 10.7. The third kappa shape index (κ3) is 6.36. The lowest BCUT2D eigenvalue weighted by atomic mass is 10.2. The molecule has 0 bridgehead atoms. The molecule has 1 aliphatic carbocycles. The van der Waals surface area contributed by atoms with Gasteiger partial charge in [-0.1, -0.05) is 0 Å². The Kier molecular flexibility index (Phi) is 7.84. The first-order valence-electron chi connectivity index (χ1n) is 8.72. The highest BCUT2D eigenvalue weighted by Gasteiger charge is 2.26. The van der Waals surface area contributed by atoms with Crippen molar-refractivity contribution in [1.82, 2.24) is 15.1 Å². The van der Waals surface area contributed by atoms with Crippen molar-refractivity contribution in [1.29, 1.82) is 0 Å². The zero-order valence-corrected chi connectivity index (χ0v) is 16.7. The summed E-state index contributed by atoms with van der Waals surface area (Å²) in [6.45, 7) is 11.7. The van der Waals surface area contributed by atoms with Crippen LogP contribution >= 0.6 is 24.0 Å². The van der Waals surface area contributed by atoms with E-state index in [1.807, 2.05) is 0 Å². The van der Waals surface area contributed by atoms with E-state index in [1.165, 1.54) is 12.8 Å². The Balaban J connectivity index is 0.00000192. The quantitative estimate of drug-likeness (QED) is 0.406. The Bertz CT molecular complexity index is 376. The normalized spacial score (nSPS) is 30.0. The lowest BCUT2D eigenvalue weighted by Gasteiger charge is -2.35. The number of nitrogens with one attached hydrogen (secondary N) is 1. The van der Waals surface area contributed by atoms with Crippen molar-refractivity contribution in [2.45, 2.75) is 44.9 Å². The molecule has 0 spiro atoms. The van der Waals surface area contributed by atoms with Gasteiger partial charge in [0.25, 0.3) is 0 Å². The molecule has 2 heterocycles. The van der Waals surface area contributed by atoms with Crippen LogP contribution < -0.4 is 5.32 Å². The van der Waals surface area contributed by atoms with Crippen molar-refractivity contribution >= 4 is 29.9 Å². The number of hydrogen-bond donors (Lipinski definition) is 1. The second kappa shape index (κ2) is 9.39. The van der Waals surface area contributed by atoms with Gasteiger partial charge in [-0.2, -0.15) is 0 Å². The number of ether oxygens (including phenoxy) is 2. The zero-order valence-electron chi connectivity index (χ0n) is 14.4. The van der Waals surface area contributed by atoms with Crippen LogP contribution in [0.15, 0.2) is 4.99 Å². The molecule has 0 aromatic rings. The van der Waals surface area contributed by atoms with Crippen molar-refractivity contribution in [2.75, 3.05) is 52.5 Å². The molecule has 134 valence electrons. The highest BCUT2D eigenvalue weighted by atomic mass is 127. The molecule has 2 aliphatic heterocycles. The summed E-state index contributed by atoms with van der Waals surface area (Å²) in [6.07, 6.45) is 3.22. The van der Waals surface area contributed by atoms with E-state index < -0.39 is 0 Å². The minimum atomic E-state index is 0. The highest BCUT2D eigenvalue weighted by molar-refractivity contribution is 14.0. The molecule has 7 heteroatoms. The summed E-state index contributed by atoms with van der Waals surface area (Å²) in [7, 11) is 0. The molecule has 3 fully saturated rings. The minimum absolute atomic E-state index is 0. The Hall–Kier alpha value is -0.120. The fourth-order valence-electron chi connectivity index (χ4n) is 3.19. The van der Waals surface area contributed by atoms with Crippen LogP contribution in [0.5, 0.6) is 0 Å². The maximum Gasteiger partial charge on any atom is 0.194 e. The number of nitrogens with zero attached hydrogens (tertiary/aromatic N) is 3. The summed E-state index contributed by atoms with van der Waals surface area (Å²) in [6, 6.07) is 0.644. The van der Waals surface area contributed by atoms with Crippen molar-refractivity contribution in [2.24, 2.45) is 4.99 Å². The van der Waals surface area contributed by atoms with E-state index in [0.29, 0.717) is 18.2 Å². The summed E-state index contributed by atoms with van der Waals surface area (Å²) >= 11 is 0. The number of rotatable bonds is 4. The lowest BCUT2D eigenvalue weighted by Crippen LogP contribution is -2.49. The molecular weight excluding hydrogens is 407 g/mol. The molecule has 6 nitrogen and oxygen atoms in total. The van der Waals surface area contributed by atoms with E-state index in [0.717, 1.165) is 58.4 Å². The van der Waals surface area contributed by atoms with Crippen molar-refractivity contribution in [3.63, 3.8) is 0 Å². The van der Waals surface area contributed by atoms with Crippen molar-refractivity contribution in [3.05, 3.63) is 0 Å². The third-order valence-corrected chi connectivity index (χ3v) is 4.39. The van der Waals surface area contributed by atoms with E-state index in [-0.39, 0.29) is 24.0 Å². The SMILES string of the molecule is CC1CN(CCN=C(NC2CC2)N2CCOCC2)CC(C)O1.I. The van der Waals surface area contributed by atoms with Crippen LogP contribution in [0, 0.1) is 0 Å². The fourth-order valence-corrected chi connectivity index (χ4v) is 3.19. The molecule has 0 radical (unpaired) electrons. The molecule has 2 saturated heterocycles. The molecule has 1 saturated carbocycles. The molecule has 0 aromatic heterocycles. The van der Waals surface area contributed by atoms with E-state index >= 15 is 0 Å². The first-order valence-corrected chi connectivity index (χ1v) is 8.72. The van der Waals surface area contributed by atoms with Gasteiger partial charge in [0.05, 0.1) is 32.0 Å². The Labute approximate surface area is 157 Å². The largest absolute Gasteiger partial charge is 0.378 e. The molecule has 23 heavy (non-hydrogen) atoms. The average molecular weight is 438 g/mol. The van der Waals surface area contributed by atoms with Crippen LogP contribution in [0.25, 0.3) is 0 Å². The zero-order chi connectivity index (χ0) is 15.4. The van der Waals surface area contributed by atoms with Gasteiger partial charge in [-0.15, -0.1) is 24.0 Å². The van der Waals surface area contributed by atoms with E-state index in [2.05, 4.69) is 29.0 Å². The summed E-state index contributed by atoms with van der Waals surface area (Å²) in [5, 5.41) is 3.59.